The number of para-hydroxylation sites is 3. The van der Waals surface area contributed by atoms with Crippen LogP contribution in [0.1, 0.15) is 17.0 Å². The van der Waals surface area contributed by atoms with Crippen LogP contribution >= 0.6 is 0 Å². The normalized spacial score (nSPS) is 11.4. The summed E-state index contributed by atoms with van der Waals surface area (Å²) in [4.78, 5) is 31.6. The molecule has 0 aliphatic rings. The van der Waals surface area contributed by atoms with Crippen LogP contribution in [0.4, 0.5) is 5.69 Å². The number of amides is 1. The first-order chi connectivity index (χ1) is 16.5. The number of rotatable bonds is 5. The zero-order valence-electron chi connectivity index (χ0n) is 18.6. The Hall–Kier alpha value is -4.79. The van der Waals surface area contributed by atoms with Crippen molar-refractivity contribution in [2.45, 2.75) is 13.8 Å². The minimum atomic E-state index is -0.305. The topological polar surface area (TPSA) is 110 Å². The van der Waals surface area contributed by atoms with Crippen molar-refractivity contribution in [3.05, 3.63) is 101 Å². The molecule has 5 aromatic rings. The van der Waals surface area contributed by atoms with Gasteiger partial charge in [0.25, 0.3) is 5.56 Å². The van der Waals surface area contributed by atoms with E-state index in [-0.39, 0.29) is 11.5 Å². The highest BCUT2D eigenvalue weighted by atomic mass is 16.1. The highest BCUT2D eigenvalue weighted by molar-refractivity contribution is 6.03. The quantitative estimate of drug-likeness (QED) is 0.397. The molecule has 0 saturated heterocycles. The zero-order chi connectivity index (χ0) is 23.7. The second kappa shape index (κ2) is 8.62. The first kappa shape index (κ1) is 21.1. The van der Waals surface area contributed by atoms with Crippen molar-refractivity contribution < 1.29 is 4.79 Å². The third-order valence-electron chi connectivity index (χ3n) is 5.51. The van der Waals surface area contributed by atoms with E-state index in [2.05, 4.69) is 25.5 Å². The lowest BCUT2D eigenvalue weighted by molar-refractivity contribution is -0.111. The lowest BCUT2D eigenvalue weighted by atomic mass is 10.1. The number of hydrogen-bond donors (Lipinski definition) is 2. The summed E-state index contributed by atoms with van der Waals surface area (Å²) < 4.78 is 3.39. The Bertz CT molecular complexity index is 1590. The van der Waals surface area contributed by atoms with E-state index in [1.165, 1.54) is 23.3 Å². The maximum Gasteiger partial charge on any atom is 0.261 e. The molecule has 0 spiro atoms. The van der Waals surface area contributed by atoms with Gasteiger partial charge in [-0.05, 0) is 44.2 Å². The standard InChI is InChI=1S/C25H21N7O2/c1-16-19(17(2)31(30-16)18-8-4-3-5-9-18)12-13-23(33)29-21-10-6-7-11-22(21)32-24-20(14-28-32)25(34)27-15-26-24/h3-15H,1-2H3,(H,29,33)(H,26,27,34)/b13-12+. The smallest absolute Gasteiger partial charge is 0.261 e. The van der Waals surface area contributed by atoms with Crippen LogP contribution < -0.4 is 10.9 Å². The molecule has 168 valence electrons. The van der Waals surface area contributed by atoms with Crippen molar-refractivity contribution in [3.8, 4) is 11.4 Å². The van der Waals surface area contributed by atoms with Crippen molar-refractivity contribution in [1.29, 1.82) is 0 Å². The van der Waals surface area contributed by atoms with Gasteiger partial charge < -0.3 is 10.3 Å². The molecule has 0 atom stereocenters. The van der Waals surface area contributed by atoms with Crippen molar-refractivity contribution in [3.63, 3.8) is 0 Å². The number of hydrogen-bond acceptors (Lipinski definition) is 5. The highest BCUT2D eigenvalue weighted by Crippen LogP contribution is 2.23. The van der Waals surface area contributed by atoms with Crippen LogP contribution in [0.25, 0.3) is 28.5 Å². The monoisotopic (exact) mass is 451 g/mol. The Morgan fingerprint density at radius 2 is 1.79 bits per heavy atom. The number of carbonyl (C=O) groups is 1. The molecule has 0 unspecified atom stereocenters. The molecule has 2 N–H and O–H groups in total. The number of aromatic nitrogens is 6. The Morgan fingerprint density at radius 1 is 1.03 bits per heavy atom. The molecule has 0 aliphatic carbocycles. The highest BCUT2D eigenvalue weighted by Gasteiger charge is 2.14. The van der Waals surface area contributed by atoms with E-state index in [1.54, 1.807) is 18.2 Å². The van der Waals surface area contributed by atoms with Crippen LogP contribution in [-0.2, 0) is 4.79 Å². The molecule has 3 aromatic heterocycles. The fourth-order valence-electron chi connectivity index (χ4n) is 3.85. The van der Waals surface area contributed by atoms with Crippen LogP contribution in [0.5, 0.6) is 0 Å². The van der Waals surface area contributed by atoms with Gasteiger partial charge in [0.1, 0.15) is 5.39 Å². The molecule has 0 radical (unpaired) electrons. The number of fused-ring (bicyclic) bond motifs is 1. The van der Waals surface area contributed by atoms with Gasteiger partial charge in [-0.25, -0.2) is 14.3 Å². The van der Waals surface area contributed by atoms with E-state index in [1.807, 2.05) is 61.0 Å². The molecule has 2 aromatic carbocycles. The number of benzene rings is 2. The van der Waals surface area contributed by atoms with Gasteiger partial charge in [-0.15, -0.1) is 0 Å². The average molecular weight is 451 g/mol. The van der Waals surface area contributed by atoms with Gasteiger partial charge in [-0.2, -0.15) is 10.2 Å². The van der Waals surface area contributed by atoms with Crippen LogP contribution in [0, 0.1) is 13.8 Å². The molecule has 5 rings (SSSR count). The summed E-state index contributed by atoms with van der Waals surface area (Å²) in [7, 11) is 0. The molecule has 1 amide bonds. The largest absolute Gasteiger partial charge is 0.321 e. The molecular weight excluding hydrogens is 430 g/mol. The summed E-state index contributed by atoms with van der Waals surface area (Å²) in [5.74, 6) is -0.305. The lowest BCUT2D eigenvalue weighted by Gasteiger charge is -2.10. The molecular formula is C25H21N7O2. The predicted molar refractivity (Wildman–Crippen MR) is 130 cm³/mol. The van der Waals surface area contributed by atoms with Gasteiger partial charge >= 0.3 is 0 Å². The maximum atomic E-state index is 12.8. The minimum absolute atomic E-state index is 0.275. The molecule has 34 heavy (non-hydrogen) atoms. The number of nitrogens with zero attached hydrogens (tertiary/aromatic N) is 5. The van der Waals surface area contributed by atoms with Crippen molar-refractivity contribution in [2.75, 3.05) is 5.32 Å². The van der Waals surface area contributed by atoms with Crippen LogP contribution in [0.3, 0.4) is 0 Å². The summed E-state index contributed by atoms with van der Waals surface area (Å²) in [6, 6.07) is 17.0. The van der Waals surface area contributed by atoms with Crippen LogP contribution in [-0.4, -0.2) is 35.4 Å². The van der Waals surface area contributed by atoms with Crippen molar-refractivity contribution >= 4 is 28.7 Å². The first-order valence-corrected chi connectivity index (χ1v) is 10.6. The van der Waals surface area contributed by atoms with Gasteiger partial charge in [-0.1, -0.05) is 30.3 Å². The van der Waals surface area contributed by atoms with Gasteiger partial charge in [0, 0.05) is 17.3 Å². The van der Waals surface area contributed by atoms with E-state index in [4.69, 9.17) is 0 Å². The molecule has 9 heteroatoms. The summed E-state index contributed by atoms with van der Waals surface area (Å²) in [6.45, 7) is 3.88. The summed E-state index contributed by atoms with van der Waals surface area (Å²) in [6.07, 6.45) is 6.02. The SMILES string of the molecule is Cc1nn(-c2ccccc2)c(C)c1/C=C/C(=O)Nc1ccccc1-n1ncc2c(=O)[nH]cnc21. The van der Waals surface area contributed by atoms with E-state index in [0.29, 0.717) is 22.4 Å². The molecule has 3 heterocycles. The fourth-order valence-corrected chi connectivity index (χ4v) is 3.85. The molecule has 0 fully saturated rings. The summed E-state index contributed by atoms with van der Waals surface area (Å²) in [5.41, 5.74) is 4.87. The molecule has 0 aliphatic heterocycles. The van der Waals surface area contributed by atoms with Gasteiger partial charge in [0.05, 0.1) is 35.3 Å². The summed E-state index contributed by atoms with van der Waals surface area (Å²) >= 11 is 0. The van der Waals surface area contributed by atoms with Crippen molar-refractivity contribution in [1.82, 2.24) is 29.5 Å². The lowest BCUT2D eigenvalue weighted by Crippen LogP contribution is -2.12. The number of carbonyl (C=O) groups excluding carboxylic acids is 1. The van der Waals surface area contributed by atoms with E-state index < -0.39 is 0 Å². The van der Waals surface area contributed by atoms with E-state index in [0.717, 1.165) is 22.6 Å². The number of H-pyrrole nitrogens is 1. The third-order valence-corrected chi connectivity index (χ3v) is 5.51. The fraction of sp³-hybridized carbons (Fsp3) is 0.0800. The van der Waals surface area contributed by atoms with E-state index >= 15 is 0 Å². The van der Waals surface area contributed by atoms with Crippen LogP contribution in [0.15, 0.2) is 78.0 Å². The summed E-state index contributed by atoms with van der Waals surface area (Å²) in [5, 5.41) is 12.2. The van der Waals surface area contributed by atoms with Crippen molar-refractivity contribution in [2.24, 2.45) is 0 Å². The Morgan fingerprint density at radius 3 is 2.62 bits per heavy atom. The second-order valence-corrected chi connectivity index (χ2v) is 7.70. The zero-order valence-corrected chi connectivity index (χ0v) is 18.6. The molecule has 0 bridgehead atoms. The Kier molecular flexibility index (Phi) is 5.35. The average Bonchev–Trinajstić information content (AvgIpc) is 3.40. The first-order valence-electron chi connectivity index (χ1n) is 10.6. The second-order valence-electron chi connectivity index (χ2n) is 7.70. The number of nitrogens with one attached hydrogen (secondary N) is 2. The third kappa shape index (κ3) is 3.79. The van der Waals surface area contributed by atoms with Gasteiger partial charge in [0.2, 0.25) is 5.91 Å². The Labute approximate surface area is 194 Å². The van der Waals surface area contributed by atoms with E-state index in [9.17, 15) is 9.59 Å². The van der Waals surface area contributed by atoms with Gasteiger partial charge in [0.15, 0.2) is 5.65 Å². The van der Waals surface area contributed by atoms with Crippen LogP contribution in [0.2, 0.25) is 0 Å². The minimum Gasteiger partial charge on any atom is -0.321 e. The van der Waals surface area contributed by atoms with Gasteiger partial charge in [-0.3, -0.25) is 9.59 Å². The molecule has 9 nitrogen and oxygen atoms in total. The maximum absolute atomic E-state index is 12.8. The number of aryl methyl sites for hydroxylation is 1. The number of aromatic amines is 1. The Balaban J connectivity index is 1.42. The number of anilines is 1. The predicted octanol–water partition coefficient (Wildman–Crippen LogP) is 3.56. The molecule has 0 saturated carbocycles.